The van der Waals surface area contributed by atoms with Crippen LogP contribution in [0, 0.1) is 0 Å². The third kappa shape index (κ3) is 3.22. The first-order chi connectivity index (χ1) is 11.7. The van der Waals surface area contributed by atoms with Crippen LogP contribution in [-0.2, 0) is 0 Å². The van der Waals surface area contributed by atoms with Gasteiger partial charge < -0.3 is 10.1 Å². The van der Waals surface area contributed by atoms with Crippen LogP contribution in [0.5, 0.6) is 0 Å². The standard InChI is InChI=1S/C13H10N6.C5H12/c14-13-16-7-11-10(3-5-19(11)17-13)9-1-2-12-15-4-6-18(12)8-9;1-3-5-4-2/h1-8H,(H2,14,17);3-5H2,1-2H3. The number of rotatable bonds is 3. The predicted molar refractivity (Wildman–Crippen MR) is 96.8 cm³/mol. The molecular formula is C18H22N6. The molecule has 0 aromatic carbocycles. The molecule has 124 valence electrons. The molecule has 0 aliphatic carbocycles. The van der Waals surface area contributed by atoms with Crippen molar-refractivity contribution in [2.75, 3.05) is 5.73 Å². The molecule has 6 nitrogen and oxygen atoms in total. The molecule has 4 aromatic heterocycles. The van der Waals surface area contributed by atoms with Crippen molar-refractivity contribution in [2.45, 2.75) is 33.1 Å². The number of nitrogen functional groups attached to an aromatic ring is 1. The van der Waals surface area contributed by atoms with Crippen LogP contribution in [0.2, 0.25) is 0 Å². The summed E-state index contributed by atoms with van der Waals surface area (Å²) in [5.74, 6) is 0.264. The molecule has 0 aliphatic heterocycles. The first-order valence-corrected chi connectivity index (χ1v) is 8.26. The summed E-state index contributed by atoms with van der Waals surface area (Å²) in [6.07, 6.45) is 13.4. The zero-order valence-electron chi connectivity index (χ0n) is 14.1. The fourth-order valence-electron chi connectivity index (χ4n) is 2.59. The summed E-state index contributed by atoms with van der Waals surface area (Å²) in [4.78, 5) is 8.28. The van der Waals surface area contributed by atoms with Crippen LogP contribution >= 0.6 is 0 Å². The van der Waals surface area contributed by atoms with Gasteiger partial charge >= 0.3 is 0 Å². The molecule has 4 heterocycles. The zero-order chi connectivity index (χ0) is 16.9. The van der Waals surface area contributed by atoms with Gasteiger partial charge in [-0.2, -0.15) is 0 Å². The summed E-state index contributed by atoms with van der Waals surface area (Å²) < 4.78 is 3.72. The minimum Gasteiger partial charge on any atom is -0.367 e. The lowest BCUT2D eigenvalue weighted by atomic mass is 10.1. The van der Waals surface area contributed by atoms with Crippen molar-refractivity contribution in [2.24, 2.45) is 0 Å². The Kier molecular flexibility index (Phi) is 4.74. The van der Waals surface area contributed by atoms with Gasteiger partial charge in [0.25, 0.3) is 0 Å². The van der Waals surface area contributed by atoms with Crippen LogP contribution in [0.1, 0.15) is 33.1 Å². The molecule has 0 spiro atoms. The van der Waals surface area contributed by atoms with Crippen molar-refractivity contribution >= 4 is 17.1 Å². The maximum atomic E-state index is 5.58. The number of imidazole rings is 1. The Morgan fingerprint density at radius 2 is 1.88 bits per heavy atom. The smallest absolute Gasteiger partial charge is 0.238 e. The maximum Gasteiger partial charge on any atom is 0.238 e. The Hall–Kier alpha value is -2.89. The normalized spacial score (nSPS) is 10.8. The molecule has 0 radical (unpaired) electrons. The number of pyridine rings is 1. The molecule has 4 aromatic rings. The molecule has 2 N–H and O–H groups in total. The van der Waals surface area contributed by atoms with Gasteiger partial charge in [0.15, 0.2) is 0 Å². The second-order valence-electron chi connectivity index (χ2n) is 5.64. The van der Waals surface area contributed by atoms with E-state index in [0.717, 1.165) is 22.3 Å². The highest BCUT2D eigenvalue weighted by atomic mass is 15.3. The first kappa shape index (κ1) is 16.0. The molecule has 0 unspecified atom stereocenters. The molecular weight excluding hydrogens is 300 g/mol. The number of unbranched alkanes of at least 4 members (excludes halogenated alkanes) is 2. The van der Waals surface area contributed by atoms with Crippen molar-refractivity contribution in [3.8, 4) is 11.1 Å². The van der Waals surface area contributed by atoms with Gasteiger partial charge in [-0.15, -0.1) is 5.10 Å². The van der Waals surface area contributed by atoms with E-state index in [2.05, 4.69) is 28.9 Å². The van der Waals surface area contributed by atoms with E-state index in [4.69, 9.17) is 5.73 Å². The average molecular weight is 322 g/mol. The number of hydrogen-bond donors (Lipinski definition) is 1. The largest absolute Gasteiger partial charge is 0.367 e. The second-order valence-corrected chi connectivity index (χ2v) is 5.64. The summed E-state index contributed by atoms with van der Waals surface area (Å²) >= 11 is 0. The van der Waals surface area contributed by atoms with Crippen molar-refractivity contribution < 1.29 is 0 Å². The fraction of sp³-hybridized carbons (Fsp3) is 0.278. The lowest BCUT2D eigenvalue weighted by Crippen LogP contribution is -1.99. The molecule has 0 fully saturated rings. The van der Waals surface area contributed by atoms with Gasteiger partial charge in [-0.05, 0) is 18.2 Å². The molecule has 0 aliphatic rings. The molecule has 0 atom stereocenters. The average Bonchev–Trinajstić information content (AvgIpc) is 3.21. The van der Waals surface area contributed by atoms with Gasteiger partial charge in [0.1, 0.15) is 5.65 Å². The summed E-state index contributed by atoms with van der Waals surface area (Å²) in [5, 5.41) is 4.14. The van der Waals surface area contributed by atoms with E-state index in [1.165, 1.54) is 19.3 Å². The SMILES string of the molecule is CCCCC.Nc1ncc2c(-c3ccc4nccn4c3)ccn2n1. The van der Waals surface area contributed by atoms with Crippen LogP contribution in [0.3, 0.4) is 0 Å². The van der Waals surface area contributed by atoms with Crippen LogP contribution in [0.25, 0.3) is 22.3 Å². The molecule has 6 heteroatoms. The second kappa shape index (κ2) is 7.12. The predicted octanol–water partition coefficient (Wildman–Crippen LogP) is 3.82. The van der Waals surface area contributed by atoms with Crippen LogP contribution in [0.15, 0.2) is 49.2 Å². The van der Waals surface area contributed by atoms with Crippen molar-refractivity contribution in [1.82, 2.24) is 24.0 Å². The lowest BCUT2D eigenvalue weighted by molar-refractivity contribution is 0.772. The third-order valence-corrected chi connectivity index (χ3v) is 3.84. The van der Waals surface area contributed by atoms with Crippen LogP contribution in [-0.4, -0.2) is 24.0 Å². The number of fused-ring (bicyclic) bond motifs is 2. The van der Waals surface area contributed by atoms with Gasteiger partial charge in [-0.1, -0.05) is 33.1 Å². The van der Waals surface area contributed by atoms with Gasteiger partial charge in [0.05, 0.1) is 11.7 Å². The number of nitrogens with two attached hydrogens (primary N) is 1. The zero-order valence-corrected chi connectivity index (χ0v) is 14.1. The summed E-state index contributed by atoms with van der Waals surface area (Å²) in [7, 11) is 0. The van der Waals surface area contributed by atoms with E-state index >= 15 is 0 Å². The molecule has 24 heavy (non-hydrogen) atoms. The highest BCUT2D eigenvalue weighted by Gasteiger charge is 2.07. The number of anilines is 1. The quantitative estimate of drug-likeness (QED) is 0.622. The topological polar surface area (TPSA) is 73.5 Å². The number of nitrogens with zero attached hydrogens (tertiary/aromatic N) is 5. The van der Waals surface area contributed by atoms with Crippen molar-refractivity contribution in [1.29, 1.82) is 0 Å². The lowest BCUT2D eigenvalue weighted by Gasteiger charge is -2.02. The Labute approximate surface area is 141 Å². The van der Waals surface area contributed by atoms with E-state index in [1.807, 2.05) is 41.2 Å². The monoisotopic (exact) mass is 322 g/mol. The molecule has 4 rings (SSSR count). The number of hydrogen-bond acceptors (Lipinski definition) is 4. The van der Waals surface area contributed by atoms with Crippen molar-refractivity contribution in [3.05, 3.63) is 49.2 Å². The van der Waals surface area contributed by atoms with E-state index in [-0.39, 0.29) is 5.95 Å². The Bertz CT molecular complexity index is 935. The minimum atomic E-state index is 0.264. The van der Waals surface area contributed by atoms with Gasteiger partial charge in [0, 0.05) is 35.9 Å². The van der Waals surface area contributed by atoms with Crippen LogP contribution < -0.4 is 5.73 Å². The number of aromatic nitrogens is 5. The molecule has 0 saturated carbocycles. The van der Waals surface area contributed by atoms with Gasteiger partial charge in [0.2, 0.25) is 5.95 Å². The molecule has 0 saturated heterocycles. The van der Waals surface area contributed by atoms with E-state index in [1.54, 1.807) is 16.9 Å². The van der Waals surface area contributed by atoms with Crippen LogP contribution in [0.4, 0.5) is 5.95 Å². The fourth-order valence-corrected chi connectivity index (χ4v) is 2.59. The highest BCUT2D eigenvalue weighted by molar-refractivity contribution is 5.80. The summed E-state index contributed by atoms with van der Waals surface area (Å²) in [5.41, 5.74) is 9.58. The summed E-state index contributed by atoms with van der Waals surface area (Å²) in [6, 6.07) is 6.02. The van der Waals surface area contributed by atoms with Crippen molar-refractivity contribution in [3.63, 3.8) is 0 Å². The third-order valence-electron chi connectivity index (χ3n) is 3.84. The van der Waals surface area contributed by atoms with Gasteiger partial charge in [-0.25, -0.2) is 14.5 Å². The molecule has 0 bridgehead atoms. The Balaban J connectivity index is 0.000000300. The van der Waals surface area contributed by atoms with Gasteiger partial charge in [-0.3, -0.25) is 0 Å². The van der Waals surface area contributed by atoms with E-state index in [0.29, 0.717) is 0 Å². The Morgan fingerprint density at radius 1 is 1.04 bits per heavy atom. The Morgan fingerprint density at radius 3 is 2.62 bits per heavy atom. The summed E-state index contributed by atoms with van der Waals surface area (Å²) in [6.45, 7) is 4.42. The minimum absolute atomic E-state index is 0.264. The highest BCUT2D eigenvalue weighted by Crippen LogP contribution is 2.25. The van der Waals surface area contributed by atoms with E-state index < -0.39 is 0 Å². The molecule has 0 amide bonds. The first-order valence-electron chi connectivity index (χ1n) is 8.26. The van der Waals surface area contributed by atoms with E-state index in [9.17, 15) is 0 Å². The maximum absolute atomic E-state index is 5.58.